The zero-order valence-electron chi connectivity index (χ0n) is 11.1. The van der Waals surface area contributed by atoms with Crippen LogP contribution in [-0.4, -0.2) is 18.6 Å². The molecule has 0 spiro atoms. The van der Waals surface area contributed by atoms with Gasteiger partial charge in [0, 0.05) is 9.61 Å². The Morgan fingerprint density at radius 2 is 2.17 bits per heavy atom. The van der Waals surface area contributed by atoms with Gasteiger partial charge in [-0.05, 0) is 60.6 Å². The van der Waals surface area contributed by atoms with Crippen LogP contribution < -0.4 is 5.32 Å². The van der Waals surface area contributed by atoms with Gasteiger partial charge in [-0.1, -0.05) is 19.1 Å². The molecule has 0 aliphatic heterocycles. The summed E-state index contributed by atoms with van der Waals surface area (Å²) in [5.41, 5.74) is 0.959. The Hall–Kier alpha value is -0.620. The van der Waals surface area contributed by atoms with Crippen LogP contribution in [0.3, 0.4) is 0 Å². The maximum absolute atomic E-state index is 12.0. The summed E-state index contributed by atoms with van der Waals surface area (Å²) >= 11 is 2.25. The van der Waals surface area contributed by atoms with Crippen LogP contribution in [0.5, 0.6) is 0 Å². The van der Waals surface area contributed by atoms with Crippen molar-refractivity contribution < 1.29 is 9.53 Å². The van der Waals surface area contributed by atoms with E-state index >= 15 is 0 Å². The lowest BCUT2D eigenvalue weighted by atomic mass is 10.1. The van der Waals surface area contributed by atoms with E-state index in [1.54, 1.807) is 0 Å². The summed E-state index contributed by atoms with van der Waals surface area (Å²) in [5, 5.41) is 3.32. The second-order valence-electron chi connectivity index (χ2n) is 4.22. The van der Waals surface area contributed by atoms with E-state index in [4.69, 9.17) is 4.74 Å². The van der Waals surface area contributed by atoms with Crippen molar-refractivity contribution in [3.63, 3.8) is 0 Å². The maximum atomic E-state index is 12.0. The summed E-state index contributed by atoms with van der Waals surface area (Å²) in [5.74, 6) is -0.209. The van der Waals surface area contributed by atoms with Gasteiger partial charge in [0.15, 0.2) is 0 Å². The van der Waals surface area contributed by atoms with E-state index in [0.29, 0.717) is 6.61 Å². The first-order valence-corrected chi connectivity index (χ1v) is 7.34. The van der Waals surface area contributed by atoms with Gasteiger partial charge in [0.1, 0.15) is 6.04 Å². The Balaban J connectivity index is 2.92. The molecule has 1 rings (SSSR count). The minimum Gasteiger partial charge on any atom is -0.465 e. The van der Waals surface area contributed by atoms with E-state index < -0.39 is 0 Å². The second-order valence-corrected chi connectivity index (χ2v) is 5.46. The van der Waals surface area contributed by atoms with Crippen molar-refractivity contribution in [1.82, 2.24) is 5.32 Å². The van der Waals surface area contributed by atoms with Crippen molar-refractivity contribution in [2.24, 2.45) is 0 Å². The van der Waals surface area contributed by atoms with E-state index in [9.17, 15) is 4.79 Å². The monoisotopic (exact) mass is 361 g/mol. The third-order valence-corrected chi connectivity index (χ3v) is 3.44. The molecular formula is C14H20INO2. The summed E-state index contributed by atoms with van der Waals surface area (Å²) in [6.07, 6.45) is 0.972. The van der Waals surface area contributed by atoms with Gasteiger partial charge in [0.05, 0.1) is 6.61 Å². The molecule has 0 heterocycles. The topological polar surface area (TPSA) is 38.3 Å². The van der Waals surface area contributed by atoms with Crippen molar-refractivity contribution >= 4 is 28.6 Å². The van der Waals surface area contributed by atoms with Crippen LogP contribution in [0.25, 0.3) is 0 Å². The molecule has 0 radical (unpaired) electrons. The molecule has 0 fully saturated rings. The van der Waals surface area contributed by atoms with Gasteiger partial charge in [-0.25, -0.2) is 4.79 Å². The van der Waals surface area contributed by atoms with Gasteiger partial charge in [0.25, 0.3) is 0 Å². The Morgan fingerprint density at radius 3 is 2.72 bits per heavy atom. The minimum absolute atomic E-state index is 0.209. The molecule has 0 amide bonds. The van der Waals surface area contributed by atoms with E-state index in [0.717, 1.165) is 15.6 Å². The lowest BCUT2D eigenvalue weighted by molar-refractivity contribution is -0.146. The molecule has 1 aromatic carbocycles. The van der Waals surface area contributed by atoms with Gasteiger partial charge in [-0.2, -0.15) is 0 Å². The van der Waals surface area contributed by atoms with Gasteiger partial charge in [0.2, 0.25) is 0 Å². The third-order valence-electron chi connectivity index (χ3n) is 2.77. The lowest BCUT2D eigenvalue weighted by Crippen LogP contribution is -2.36. The fourth-order valence-corrected chi connectivity index (χ4v) is 2.18. The number of hydrogen-bond acceptors (Lipinski definition) is 3. The summed E-state index contributed by atoms with van der Waals surface area (Å²) in [4.78, 5) is 12.0. The van der Waals surface area contributed by atoms with Gasteiger partial charge < -0.3 is 4.74 Å². The second kappa shape index (κ2) is 7.74. The largest absolute Gasteiger partial charge is 0.465 e. The molecule has 0 aliphatic rings. The number of carbonyl (C=O) groups is 1. The molecular weight excluding hydrogens is 341 g/mol. The molecule has 0 saturated carbocycles. The number of ether oxygens (including phenoxy) is 1. The maximum Gasteiger partial charge on any atom is 0.327 e. The molecule has 100 valence electrons. The molecule has 1 N–H and O–H groups in total. The van der Waals surface area contributed by atoms with Gasteiger partial charge >= 0.3 is 5.97 Å². The SMILES string of the molecule is CCOC(=O)C(NC(C)CC)c1cccc(I)c1. The molecule has 0 bridgehead atoms. The Labute approximate surface area is 122 Å². The highest BCUT2D eigenvalue weighted by Gasteiger charge is 2.23. The highest BCUT2D eigenvalue weighted by Crippen LogP contribution is 2.18. The van der Waals surface area contributed by atoms with Crippen LogP contribution in [0.4, 0.5) is 0 Å². The first kappa shape index (κ1) is 15.4. The number of esters is 1. The van der Waals surface area contributed by atoms with Crippen molar-refractivity contribution in [1.29, 1.82) is 0 Å². The smallest absolute Gasteiger partial charge is 0.327 e. The predicted molar refractivity (Wildman–Crippen MR) is 81.4 cm³/mol. The number of hydrogen-bond donors (Lipinski definition) is 1. The van der Waals surface area contributed by atoms with E-state index in [-0.39, 0.29) is 18.1 Å². The average molecular weight is 361 g/mol. The number of halogens is 1. The zero-order chi connectivity index (χ0) is 13.5. The van der Waals surface area contributed by atoms with E-state index in [1.165, 1.54) is 0 Å². The van der Waals surface area contributed by atoms with Crippen molar-refractivity contribution in [3.8, 4) is 0 Å². The molecule has 1 aromatic rings. The van der Waals surface area contributed by atoms with Crippen molar-refractivity contribution in [3.05, 3.63) is 33.4 Å². The molecule has 0 saturated heterocycles. The summed E-state index contributed by atoms with van der Waals surface area (Å²) in [7, 11) is 0. The summed E-state index contributed by atoms with van der Waals surface area (Å²) < 4.78 is 6.26. The normalized spacial score (nSPS) is 14.0. The standard InChI is InChI=1S/C14H20INO2/c1-4-10(3)16-13(14(17)18-5-2)11-7-6-8-12(15)9-11/h6-10,13,16H,4-5H2,1-3H3. The fourth-order valence-electron chi connectivity index (χ4n) is 1.61. The molecule has 18 heavy (non-hydrogen) atoms. The van der Waals surface area contributed by atoms with Crippen LogP contribution in [0.1, 0.15) is 38.8 Å². The first-order chi connectivity index (χ1) is 8.58. The summed E-state index contributed by atoms with van der Waals surface area (Å²) in [6, 6.07) is 7.83. The quantitative estimate of drug-likeness (QED) is 0.624. The molecule has 2 unspecified atom stereocenters. The molecule has 0 aromatic heterocycles. The van der Waals surface area contributed by atoms with Crippen LogP contribution in [0.2, 0.25) is 0 Å². The fraction of sp³-hybridized carbons (Fsp3) is 0.500. The molecule has 0 aliphatic carbocycles. The highest BCUT2D eigenvalue weighted by atomic mass is 127. The third kappa shape index (κ3) is 4.57. The average Bonchev–Trinajstić information content (AvgIpc) is 2.35. The number of benzene rings is 1. The Bertz CT molecular complexity index is 395. The van der Waals surface area contributed by atoms with Crippen LogP contribution >= 0.6 is 22.6 Å². The highest BCUT2D eigenvalue weighted by molar-refractivity contribution is 14.1. The Kier molecular flexibility index (Phi) is 6.63. The van der Waals surface area contributed by atoms with E-state index in [1.807, 2.05) is 31.2 Å². The number of carbonyl (C=O) groups excluding carboxylic acids is 1. The predicted octanol–water partition coefficient (Wildman–Crippen LogP) is 3.28. The minimum atomic E-state index is -0.380. The Morgan fingerprint density at radius 1 is 1.44 bits per heavy atom. The number of rotatable bonds is 6. The van der Waals surface area contributed by atoms with Gasteiger partial charge in [-0.15, -0.1) is 0 Å². The first-order valence-electron chi connectivity index (χ1n) is 6.26. The number of nitrogens with one attached hydrogen (secondary N) is 1. The van der Waals surface area contributed by atoms with Crippen LogP contribution in [0, 0.1) is 3.57 Å². The molecule has 3 nitrogen and oxygen atoms in total. The zero-order valence-corrected chi connectivity index (χ0v) is 13.2. The molecule has 4 heteroatoms. The lowest BCUT2D eigenvalue weighted by Gasteiger charge is -2.21. The van der Waals surface area contributed by atoms with Crippen molar-refractivity contribution in [2.75, 3.05) is 6.61 Å². The molecule has 2 atom stereocenters. The van der Waals surface area contributed by atoms with E-state index in [2.05, 4.69) is 41.8 Å². The van der Waals surface area contributed by atoms with Gasteiger partial charge in [-0.3, -0.25) is 5.32 Å². The van der Waals surface area contributed by atoms with Crippen molar-refractivity contribution in [2.45, 2.75) is 39.3 Å². The van der Waals surface area contributed by atoms with Crippen LogP contribution in [-0.2, 0) is 9.53 Å². The van der Waals surface area contributed by atoms with Crippen LogP contribution in [0.15, 0.2) is 24.3 Å². The summed E-state index contributed by atoms with van der Waals surface area (Å²) in [6.45, 7) is 6.39.